The van der Waals surface area contributed by atoms with Gasteiger partial charge in [-0.1, -0.05) is 11.6 Å². The third-order valence-corrected chi connectivity index (χ3v) is 3.25. The topological polar surface area (TPSA) is 114 Å². The Morgan fingerprint density at radius 1 is 1.52 bits per heavy atom. The molecule has 0 spiro atoms. The van der Waals surface area contributed by atoms with Gasteiger partial charge in [0.25, 0.3) is 0 Å². The molecule has 10 heteroatoms. The lowest BCUT2D eigenvalue weighted by molar-refractivity contribution is 0.624. The van der Waals surface area contributed by atoms with Crippen molar-refractivity contribution < 1.29 is 4.39 Å². The number of allylic oxidation sites excluding steroid dienone is 1. The minimum absolute atomic E-state index is 0.0508. The zero-order chi connectivity index (χ0) is 15.4. The van der Waals surface area contributed by atoms with Crippen LogP contribution in [0.5, 0.6) is 0 Å². The number of anilines is 1. The van der Waals surface area contributed by atoms with Crippen LogP contribution in [-0.2, 0) is 0 Å². The van der Waals surface area contributed by atoms with Crippen molar-refractivity contribution in [2.45, 2.75) is 0 Å². The van der Waals surface area contributed by atoms with Gasteiger partial charge in [-0.3, -0.25) is 0 Å². The molecule has 0 fully saturated rings. The lowest BCUT2D eigenvalue weighted by atomic mass is 10.2. The number of aromatic amines is 1. The normalized spacial score (nSPS) is 10.8. The fourth-order valence-corrected chi connectivity index (χ4v) is 2.29. The molecule has 0 aliphatic heterocycles. The van der Waals surface area contributed by atoms with Gasteiger partial charge in [-0.2, -0.15) is 15.7 Å². The van der Waals surface area contributed by atoms with Gasteiger partial charge < -0.3 is 5.32 Å². The van der Waals surface area contributed by atoms with Crippen LogP contribution in [0.4, 0.5) is 10.1 Å². The van der Waals surface area contributed by atoms with Gasteiger partial charge >= 0.3 is 0 Å². The molecule has 0 radical (unpaired) electrons. The van der Waals surface area contributed by atoms with Gasteiger partial charge in [0.1, 0.15) is 23.3 Å². The molecule has 1 heterocycles. The van der Waals surface area contributed by atoms with Crippen molar-refractivity contribution in [2.24, 2.45) is 0 Å². The van der Waals surface area contributed by atoms with Crippen LogP contribution in [0.2, 0.25) is 5.02 Å². The number of nitrogens with zero attached hydrogens (tertiary/aromatic N) is 5. The zero-order valence-electron chi connectivity index (χ0n) is 10.0. The smallest absolute Gasteiger partial charge is 0.216 e. The molecule has 7 nitrogen and oxygen atoms in total. The summed E-state index contributed by atoms with van der Waals surface area (Å²) in [4.78, 5) is 0. The van der Waals surface area contributed by atoms with E-state index in [0.29, 0.717) is 4.47 Å². The van der Waals surface area contributed by atoms with Gasteiger partial charge in [-0.15, -0.1) is 10.2 Å². The molecule has 0 aliphatic rings. The third-order valence-electron chi connectivity index (χ3n) is 2.35. The van der Waals surface area contributed by atoms with E-state index >= 15 is 0 Å². The molecule has 2 rings (SSSR count). The van der Waals surface area contributed by atoms with Crippen molar-refractivity contribution in [1.82, 2.24) is 20.6 Å². The van der Waals surface area contributed by atoms with Crippen LogP contribution in [0, 0.1) is 28.5 Å². The Morgan fingerprint density at radius 3 is 2.86 bits per heavy atom. The molecule has 0 bridgehead atoms. The monoisotopic (exact) mass is 367 g/mol. The highest BCUT2D eigenvalue weighted by Crippen LogP contribution is 2.33. The molecule has 0 atom stereocenters. The van der Waals surface area contributed by atoms with E-state index in [9.17, 15) is 4.39 Å². The maximum atomic E-state index is 13.8. The van der Waals surface area contributed by atoms with Crippen LogP contribution in [0.1, 0.15) is 11.4 Å². The van der Waals surface area contributed by atoms with Crippen LogP contribution in [0.25, 0.3) is 5.57 Å². The fraction of sp³-hybridized carbons (Fsp3) is 0. The Balaban J connectivity index is 2.44. The predicted octanol–water partition coefficient (Wildman–Crippen LogP) is 2.60. The summed E-state index contributed by atoms with van der Waals surface area (Å²) >= 11 is 8.82. The molecular weight excluding hydrogens is 365 g/mol. The van der Waals surface area contributed by atoms with E-state index < -0.39 is 5.82 Å². The highest BCUT2D eigenvalue weighted by Gasteiger charge is 2.16. The number of rotatable bonds is 3. The van der Waals surface area contributed by atoms with E-state index in [4.69, 9.17) is 22.1 Å². The van der Waals surface area contributed by atoms with Gasteiger partial charge in [0.05, 0.1) is 10.7 Å². The molecule has 0 unspecified atom stereocenters. The summed E-state index contributed by atoms with van der Waals surface area (Å²) in [6.45, 7) is 0. The number of hydrogen-bond donors (Lipinski definition) is 2. The molecule has 0 aliphatic carbocycles. The lowest BCUT2D eigenvalue weighted by Gasteiger charge is -2.09. The van der Waals surface area contributed by atoms with E-state index in [-0.39, 0.29) is 27.7 Å². The highest BCUT2D eigenvalue weighted by atomic mass is 79.9. The minimum atomic E-state index is -0.851. The van der Waals surface area contributed by atoms with Crippen molar-refractivity contribution in [3.05, 3.63) is 39.0 Å². The summed E-state index contributed by atoms with van der Waals surface area (Å²) in [6.07, 6.45) is 1.24. The second-order valence-corrected chi connectivity index (χ2v) is 4.83. The largest absolute Gasteiger partial charge is 0.358 e. The number of nitrogens with one attached hydrogen (secondary N) is 2. The molecule has 2 N–H and O–H groups in total. The van der Waals surface area contributed by atoms with Crippen molar-refractivity contribution in [1.29, 1.82) is 10.5 Å². The Morgan fingerprint density at radius 2 is 2.29 bits per heavy atom. The van der Waals surface area contributed by atoms with Crippen LogP contribution >= 0.6 is 27.5 Å². The molecule has 1 aromatic heterocycles. The summed E-state index contributed by atoms with van der Waals surface area (Å²) in [5, 5.41) is 33.3. The number of benzene rings is 1. The third kappa shape index (κ3) is 2.99. The average Bonchev–Trinajstić information content (AvgIpc) is 2.99. The van der Waals surface area contributed by atoms with E-state index in [1.165, 1.54) is 12.3 Å². The molecule has 21 heavy (non-hydrogen) atoms. The van der Waals surface area contributed by atoms with Crippen molar-refractivity contribution >= 4 is 38.8 Å². The zero-order valence-corrected chi connectivity index (χ0v) is 12.4. The SMILES string of the molecule is N#CC(=CNc1c(Br)cc(Cl)c(F)c1C#N)c1nn[nH]n1. The number of halogens is 3. The maximum absolute atomic E-state index is 13.8. The van der Waals surface area contributed by atoms with Crippen LogP contribution in [0.3, 0.4) is 0 Å². The van der Waals surface area contributed by atoms with Gasteiger partial charge in [-0.05, 0) is 27.2 Å². The standard InChI is InChI=1S/C11H4BrClFN7/c12-7-1-8(13)9(14)6(3-16)10(7)17-4-5(2-15)11-18-20-21-19-11/h1,4,17H,(H,18,19,20,21). The van der Waals surface area contributed by atoms with E-state index in [1.54, 1.807) is 6.07 Å². The quantitative estimate of drug-likeness (QED) is 0.636. The molecule has 0 saturated heterocycles. The molecule has 104 valence electrons. The molecular formula is C11H4BrClFN7. The number of tetrazole rings is 1. The van der Waals surface area contributed by atoms with Crippen LogP contribution in [0.15, 0.2) is 16.7 Å². The summed E-state index contributed by atoms with van der Waals surface area (Å²) in [5.74, 6) is -0.787. The summed E-state index contributed by atoms with van der Waals surface area (Å²) in [7, 11) is 0. The summed E-state index contributed by atoms with van der Waals surface area (Å²) in [6, 6.07) is 4.86. The number of nitriles is 2. The van der Waals surface area contributed by atoms with Crippen molar-refractivity contribution in [3.63, 3.8) is 0 Å². The Labute approximate surface area is 131 Å². The lowest BCUT2D eigenvalue weighted by Crippen LogP contribution is -1.99. The van der Waals surface area contributed by atoms with Gasteiger partial charge in [0, 0.05) is 10.7 Å². The maximum Gasteiger partial charge on any atom is 0.216 e. The first kappa shape index (κ1) is 14.9. The Hall–Kier alpha value is -2.49. The number of H-pyrrole nitrogens is 1. The average molecular weight is 369 g/mol. The van der Waals surface area contributed by atoms with Crippen molar-refractivity contribution in [2.75, 3.05) is 5.32 Å². The second kappa shape index (κ2) is 6.31. The molecule has 0 saturated carbocycles. The fourth-order valence-electron chi connectivity index (χ4n) is 1.41. The predicted molar refractivity (Wildman–Crippen MR) is 75.2 cm³/mol. The number of aromatic nitrogens is 4. The van der Waals surface area contributed by atoms with E-state index in [0.717, 1.165) is 0 Å². The van der Waals surface area contributed by atoms with Gasteiger partial charge in [-0.25, -0.2) is 4.39 Å². The Kier molecular flexibility index (Phi) is 4.48. The summed E-state index contributed by atoms with van der Waals surface area (Å²) < 4.78 is 14.1. The van der Waals surface area contributed by atoms with Crippen molar-refractivity contribution in [3.8, 4) is 12.1 Å². The first-order valence-corrected chi connectivity index (χ1v) is 6.43. The number of hydrogen-bond acceptors (Lipinski definition) is 6. The first-order valence-electron chi connectivity index (χ1n) is 5.26. The molecule has 2 aromatic rings. The van der Waals surface area contributed by atoms with Crippen LogP contribution in [-0.4, -0.2) is 20.6 Å². The van der Waals surface area contributed by atoms with Crippen LogP contribution < -0.4 is 5.32 Å². The van der Waals surface area contributed by atoms with E-state index in [1.807, 2.05) is 6.07 Å². The second-order valence-electron chi connectivity index (χ2n) is 3.57. The Bertz CT molecular complexity index is 788. The van der Waals surface area contributed by atoms with Gasteiger partial charge in [0.2, 0.25) is 5.82 Å². The minimum Gasteiger partial charge on any atom is -0.358 e. The van der Waals surface area contributed by atoms with Gasteiger partial charge in [0.15, 0.2) is 5.82 Å². The van der Waals surface area contributed by atoms with E-state index in [2.05, 4.69) is 41.9 Å². The highest BCUT2D eigenvalue weighted by molar-refractivity contribution is 9.10. The first-order chi connectivity index (χ1) is 10.1. The molecule has 0 amide bonds. The summed E-state index contributed by atoms with van der Waals surface area (Å²) in [5.41, 5.74) is -0.0958. The molecule has 1 aromatic carbocycles.